The van der Waals surface area contributed by atoms with Gasteiger partial charge in [-0.05, 0) is 16.9 Å². The predicted octanol–water partition coefficient (Wildman–Crippen LogP) is 4.64. The highest BCUT2D eigenvalue weighted by molar-refractivity contribution is 5.90. The molecule has 1 unspecified atom stereocenters. The predicted molar refractivity (Wildman–Crippen MR) is 72.4 cm³/mol. The first-order valence-corrected chi connectivity index (χ1v) is 6.62. The van der Waals surface area contributed by atoms with Gasteiger partial charge in [-0.1, -0.05) is 39.0 Å². The van der Waals surface area contributed by atoms with Crippen molar-refractivity contribution in [2.75, 3.05) is 0 Å². The molecule has 0 amide bonds. The molecule has 100 valence electrons. The van der Waals surface area contributed by atoms with Gasteiger partial charge in [0.2, 0.25) is 0 Å². The molecule has 2 aromatic rings. The summed E-state index contributed by atoms with van der Waals surface area (Å²) in [5, 5.41) is 1.51. The Morgan fingerprint density at radius 3 is 2.58 bits per heavy atom. The second-order valence-electron chi connectivity index (χ2n) is 6.04. The van der Waals surface area contributed by atoms with E-state index in [0.29, 0.717) is 5.39 Å². The van der Waals surface area contributed by atoms with Crippen LogP contribution in [-0.2, 0) is 11.3 Å². The van der Waals surface area contributed by atoms with Gasteiger partial charge in [0.1, 0.15) is 0 Å². The molecule has 1 atom stereocenters. The average Bonchev–Trinajstić information content (AvgIpc) is 2.35. The normalized spacial score (nSPS) is 24.9. The minimum absolute atomic E-state index is 0.138. The summed E-state index contributed by atoms with van der Waals surface area (Å²) in [6.45, 7) is 5.93. The number of rotatable bonds is 1. The van der Waals surface area contributed by atoms with Gasteiger partial charge in [0.25, 0.3) is 5.92 Å². The first-order valence-electron chi connectivity index (χ1n) is 6.62. The Kier molecular flexibility index (Phi) is 2.47. The lowest BCUT2D eigenvalue weighted by atomic mass is 9.64. The van der Waals surface area contributed by atoms with E-state index in [1.54, 1.807) is 24.5 Å². The number of nitrogens with zero attached hydrogens (tertiary/aromatic N) is 1. The van der Waals surface area contributed by atoms with Crippen LogP contribution in [0.2, 0.25) is 0 Å². The van der Waals surface area contributed by atoms with E-state index in [0.717, 1.165) is 10.9 Å². The van der Waals surface area contributed by atoms with Gasteiger partial charge < -0.3 is 0 Å². The highest BCUT2D eigenvalue weighted by Gasteiger charge is 2.49. The summed E-state index contributed by atoms with van der Waals surface area (Å²) in [4.78, 5) is 4.24. The summed E-state index contributed by atoms with van der Waals surface area (Å²) in [5.41, 5.74) is 0.576. The van der Waals surface area contributed by atoms with Gasteiger partial charge in [0.15, 0.2) is 0 Å². The van der Waals surface area contributed by atoms with Gasteiger partial charge in [-0.15, -0.1) is 0 Å². The minimum Gasteiger partial charge on any atom is -0.264 e. The summed E-state index contributed by atoms with van der Waals surface area (Å²) in [7, 11) is 0. The Hall–Kier alpha value is -1.51. The number of hydrogen-bond acceptors (Lipinski definition) is 1. The monoisotopic (exact) mass is 261 g/mol. The molecule has 1 nitrogen and oxygen atoms in total. The minimum atomic E-state index is -2.77. The number of halogens is 2. The maximum absolute atomic E-state index is 14.5. The molecule has 1 heterocycles. The standard InChI is InChI=1S/C16H17F2N/c1-10(2)15(3)9-16(17,18)12-6-4-5-11-7-19-8-13(15)14(11)12/h4-8,10H,9H2,1-3H3. The molecule has 0 saturated carbocycles. The van der Waals surface area contributed by atoms with Gasteiger partial charge in [0.05, 0.1) is 0 Å². The second-order valence-corrected chi connectivity index (χ2v) is 6.04. The largest absolute Gasteiger partial charge is 0.274 e. The average molecular weight is 261 g/mol. The van der Waals surface area contributed by atoms with E-state index in [-0.39, 0.29) is 17.9 Å². The number of aromatic nitrogens is 1. The van der Waals surface area contributed by atoms with Crippen LogP contribution in [0.3, 0.4) is 0 Å². The van der Waals surface area contributed by atoms with Crippen molar-refractivity contribution in [3.8, 4) is 0 Å². The molecular formula is C16H17F2N. The molecule has 0 aliphatic heterocycles. The van der Waals surface area contributed by atoms with Gasteiger partial charge >= 0.3 is 0 Å². The Morgan fingerprint density at radius 2 is 1.89 bits per heavy atom. The molecule has 3 rings (SSSR count). The van der Waals surface area contributed by atoms with Crippen LogP contribution in [0.15, 0.2) is 30.6 Å². The molecule has 0 fully saturated rings. The maximum Gasteiger partial charge on any atom is 0.274 e. The van der Waals surface area contributed by atoms with Gasteiger partial charge in [-0.25, -0.2) is 8.78 Å². The molecule has 1 aliphatic carbocycles. The Morgan fingerprint density at radius 1 is 1.16 bits per heavy atom. The molecule has 0 N–H and O–H groups in total. The first kappa shape index (κ1) is 12.5. The van der Waals surface area contributed by atoms with E-state index in [2.05, 4.69) is 4.98 Å². The lowest BCUT2D eigenvalue weighted by Gasteiger charge is -2.42. The highest BCUT2D eigenvalue weighted by Crippen LogP contribution is 2.53. The fourth-order valence-corrected chi connectivity index (χ4v) is 3.14. The molecule has 0 spiro atoms. The van der Waals surface area contributed by atoms with Crippen LogP contribution in [0.25, 0.3) is 10.8 Å². The summed E-state index contributed by atoms with van der Waals surface area (Å²) in [6.07, 6.45) is 3.29. The summed E-state index contributed by atoms with van der Waals surface area (Å²) < 4.78 is 29.0. The number of pyridine rings is 1. The zero-order valence-electron chi connectivity index (χ0n) is 11.4. The van der Waals surface area contributed by atoms with Crippen LogP contribution in [-0.4, -0.2) is 4.98 Å². The Bertz CT molecular complexity index is 643. The zero-order valence-corrected chi connectivity index (χ0v) is 11.4. The topological polar surface area (TPSA) is 12.9 Å². The third-order valence-corrected chi connectivity index (χ3v) is 4.66. The lowest BCUT2D eigenvalue weighted by molar-refractivity contribution is -0.0434. The molecule has 1 aliphatic rings. The Labute approximate surface area is 111 Å². The van der Waals surface area contributed by atoms with Crippen molar-refractivity contribution in [2.45, 2.75) is 38.5 Å². The zero-order chi connectivity index (χ0) is 13.8. The number of hydrogen-bond donors (Lipinski definition) is 0. The van der Waals surface area contributed by atoms with Crippen molar-refractivity contribution in [3.05, 3.63) is 41.7 Å². The molecule has 3 heteroatoms. The third-order valence-electron chi connectivity index (χ3n) is 4.66. The summed E-state index contributed by atoms with van der Waals surface area (Å²) in [5.74, 6) is -2.63. The molecule has 1 aromatic carbocycles. The number of alkyl halides is 2. The van der Waals surface area contributed by atoms with E-state index < -0.39 is 11.3 Å². The fraction of sp³-hybridized carbons (Fsp3) is 0.438. The molecular weight excluding hydrogens is 244 g/mol. The summed E-state index contributed by atoms with van der Waals surface area (Å²) >= 11 is 0. The SMILES string of the molecule is CC(C)C1(C)CC(F)(F)c2cccc3cncc1c23. The molecule has 0 bridgehead atoms. The number of benzene rings is 1. The van der Waals surface area contributed by atoms with Gasteiger partial charge in [0, 0.05) is 35.2 Å². The molecule has 0 saturated heterocycles. The van der Waals surface area contributed by atoms with Crippen LogP contribution < -0.4 is 0 Å². The van der Waals surface area contributed by atoms with Crippen LogP contribution in [0.5, 0.6) is 0 Å². The highest BCUT2D eigenvalue weighted by atomic mass is 19.3. The first-order chi connectivity index (χ1) is 8.86. The van der Waals surface area contributed by atoms with Crippen LogP contribution in [0.1, 0.15) is 38.3 Å². The Balaban J connectivity index is 2.45. The van der Waals surface area contributed by atoms with Crippen molar-refractivity contribution < 1.29 is 8.78 Å². The quantitative estimate of drug-likeness (QED) is 0.728. The maximum atomic E-state index is 14.5. The van der Waals surface area contributed by atoms with Crippen molar-refractivity contribution in [2.24, 2.45) is 5.92 Å². The second kappa shape index (κ2) is 3.75. The van der Waals surface area contributed by atoms with Crippen LogP contribution in [0.4, 0.5) is 8.78 Å². The fourth-order valence-electron chi connectivity index (χ4n) is 3.14. The third kappa shape index (κ3) is 1.60. The van der Waals surface area contributed by atoms with Crippen LogP contribution >= 0.6 is 0 Å². The smallest absolute Gasteiger partial charge is 0.264 e. The van der Waals surface area contributed by atoms with Gasteiger partial charge in [-0.2, -0.15) is 0 Å². The van der Waals surface area contributed by atoms with E-state index in [1.165, 1.54) is 0 Å². The molecule has 1 aromatic heterocycles. The summed E-state index contributed by atoms with van der Waals surface area (Å²) in [6, 6.07) is 5.10. The van der Waals surface area contributed by atoms with Gasteiger partial charge in [-0.3, -0.25) is 4.98 Å². The van der Waals surface area contributed by atoms with Crippen molar-refractivity contribution in [1.29, 1.82) is 0 Å². The van der Waals surface area contributed by atoms with E-state index in [4.69, 9.17) is 0 Å². The van der Waals surface area contributed by atoms with E-state index in [1.807, 2.05) is 26.8 Å². The van der Waals surface area contributed by atoms with E-state index in [9.17, 15) is 8.78 Å². The van der Waals surface area contributed by atoms with Crippen molar-refractivity contribution >= 4 is 10.8 Å². The van der Waals surface area contributed by atoms with Crippen molar-refractivity contribution in [3.63, 3.8) is 0 Å². The lowest BCUT2D eigenvalue weighted by Crippen LogP contribution is -2.39. The van der Waals surface area contributed by atoms with E-state index >= 15 is 0 Å². The molecule has 19 heavy (non-hydrogen) atoms. The van der Waals surface area contributed by atoms with Crippen LogP contribution in [0, 0.1) is 5.92 Å². The van der Waals surface area contributed by atoms with Crippen molar-refractivity contribution in [1.82, 2.24) is 4.98 Å². The molecule has 0 radical (unpaired) electrons.